The smallest absolute Gasteiger partial charge is 0.137 e. The monoisotopic (exact) mass is 261 g/mol. The third-order valence-electron chi connectivity index (χ3n) is 2.51. The average molecular weight is 262 g/mol. The van der Waals surface area contributed by atoms with E-state index in [1.54, 1.807) is 18.2 Å². The van der Waals surface area contributed by atoms with E-state index in [1.165, 1.54) is 0 Å². The molecule has 0 saturated heterocycles. The second-order valence-electron chi connectivity index (χ2n) is 3.70. The van der Waals surface area contributed by atoms with Crippen LogP contribution in [-0.2, 0) is 0 Å². The fourth-order valence-corrected chi connectivity index (χ4v) is 1.89. The molecule has 2 rings (SSSR count). The Bertz CT molecular complexity index is 613. The maximum atomic E-state index is 8.85. The zero-order chi connectivity index (χ0) is 13.1. The van der Waals surface area contributed by atoms with Gasteiger partial charge in [-0.15, -0.1) is 0 Å². The molecule has 0 saturated carbocycles. The SMILES string of the molecule is CCOc1ccc(-c2cc(C#N)c(N)[nH]2)cc1Cl. The molecule has 0 bridgehead atoms. The molecular formula is C13H12ClN3O. The summed E-state index contributed by atoms with van der Waals surface area (Å²) in [5, 5.41) is 9.38. The summed E-state index contributed by atoms with van der Waals surface area (Å²) in [6, 6.07) is 9.15. The van der Waals surface area contributed by atoms with Crippen LogP contribution in [0, 0.1) is 11.3 Å². The van der Waals surface area contributed by atoms with Gasteiger partial charge in [-0.25, -0.2) is 0 Å². The quantitative estimate of drug-likeness (QED) is 0.891. The van der Waals surface area contributed by atoms with Crippen LogP contribution in [0.15, 0.2) is 24.3 Å². The number of rotatable bonds is 3. The topological polar surface area (TPSA) is 74.8 Å². The first kappa shape index (κ1) is 12.3. The summed E-state index contributed by atoms with van der Waals surface area (Å²) in [4.78, 5) is 2.95. The summed E-state index contributed by atoms with van der Waals surface area (Å²) in [5.41, 5.74) is 7.71. The van der Waals surface area contributed by atoms with Crippen molar-refractivity contribution < 1.29 is 4.74 Å². The van der Waals surface area contributed by atoms with Crippen LogP contribution >= 0.6 is 11.6 Å². The Morgan fingerprint density at radius 1 is 1.44 bits per heavy atom. The summed E-state index contributed by atoms with van der Waals surface area (Å²) < 4.78 is 5.36. The number of hydrogen-bond acceptors (Lipinski definition) is 3. The molecule has 0 spiro atoms. The van der Waals surface area contributed by atoms with Crippen molar-refractivity contribution in [2.24, 2.45) is 0 Å². The Labute approximate surface area is 110 Å². The van der Waals surface area contributed by atoms with E-state index < -0.39 is 0 Å². The number of nitrogens with two attached hydrogens (primary N) is 1. The first-order chi connectivity index (χ1) is 8.65. The molecular weight excluding hydrogens is 250 g/mol. The molecule has 0 unspecified atom stereocenters. The third-order valence-corrected chi connectivity index (χ3v) is 2.81. The van der Waals surface area contributed by atoms with E-state index >= 15 is 0 Å². The van der Waals surface area contributed by atoms with E-state index in [-0.39, 0.29) is 0 Å². The van der Waals surface area contributed by atoms with Gasteiger partial charge in [0.25, 0.3) is 0 Å². The van der Waals surface area contributed by atoms with Gasteiger partial charge < -0.3 is 15.5 Å². The highest BCUT2D eigenvalue weighted by Crippen LogP contribution is 2.31. The van der Waals surface area contributed by atoms with E-state index in [1.807, 2.05) is 19.1 Å². The number of benzene rings is 1. The molecule has 2 aromatic rings. The van der Waals surface area contributed by atoms with Gasteiger partial charge >= 0.3 is 0 Å². The first-order valence-corrected chi connectivity index (χ1v) is 5.84. The number of ether oxygens (including phenoxy) is 1. The van der Waals surface area contributed by atoms with Crippen LogP contribution in [0.25, 0.3) is 11.3 Å². The van der Waals surface area contributed by atoms with Crippen molar-refractivity contribution in [3.63, 3.8) is 0 Å². The van der Waals surface area contributed by atoms with Crippen molar-refractivity contribution >= 4 is 17.4 Å². The van der Waals surface area contributed by atoms with E-state index in [0.29, 0.717) is 28.8 Å². The number of halogens is 1. The number of nitriles is 1. The van der Waals surface area contributed by atoms with Crippen molar-refractivity contribution in [2.75, 3.05) is 12.3 Å². The molecule has 92 valence electrons. The van der Waals surface area contributed by atoms with Gasteiger partial charge in [0.1, 0.15) is 17.6 Å². The summed E-state index contributed by atoms with van der Waals surface area (Å²) >= 11 is 6.10. The molecule has 3 N–H and O–H groups in total. The van der Waals surface area contributed by atoms with Gasteiger partial charge in [0.2, 0.25) is 0 Å². The number of anilines is 1. The van der Waals surface area contributed by atoms with Crippen LogP contribution in [-0.4, -0.2) is 11.6 Å². The molecule has 0 aliphatic carbocycles. The lowest BCUT2D eigenvalue weighted by molar-refractivity contribution is 0.340. The number of nitrogens with zero attached hydrogens (tertiary/aromatic N) is 1. The average Bonchev–Trinajstić information content (AvgIpc) is 2.73. The van der Waals surface area contributed by atoms with E-state index in [4.69, 9.17) is 27.3 Å². The lowest BCUT2D eigenvalue weighted by Crippen LogP contribution is -1.92. The normalized spacial score (nSPS) is 10.1. The molecule has 0 amide bonds. The molecule has 0 radical (unpaired) electrons. The lowest BCUT2D eigenvalue weighted by Gasteiger charge is -2.06. The number of H-pyrrole nitrogens is 1. The van der Waals surface area contributed by atoms with Crippen LogP contribution in [0.4, 0.5) is 5.82 Å². The Kier molecular flexibility index (Phi) is 3.45. The molecule has 1 aromatic heterocycles. The molecule has 0 fully saturated rings. The van der Waals surface area contributed by atoms with Crippen LogP contribution in [0.3, 0.4) is 0 Å². The predicted octanol–water partition coefficient (Wildman–Crippen LogP) is 3.19. The van der Waals surface area contributed by atoms with Gasteiger partial charge in [0.15, 0.2) is 0 Å². The summed E-state index contributed by atoms with van der Waals surface area (Å²) in [6.07, 6.45) is 0. The van der Waals surface area contributed by atoms with E-state index in [0.717, 1.165) is 11.3 Å². The van der Waals surface area contributed by atoms with Gasteiger partial charge in [0, 0.05) is 5.69 Å². The van der Waals surface area contributed by atoms with Gasteiger partial charge in [-0.05, 0) is 36.8 Å². The number of aromatic amines is 1. The van der Waals surface area contributed by atoms with Crippen molar-refractivity contribution in [1.82, 2.24) is 4.98 Å². The standard InChI is InChI=1S/C13H12ClN3O/c1-2-18-12-4-3-8(5-10(12)14)11-6-9(7-15)13(16)17-11/h3-6,17H,2,16H2,1H3. The second-order valence-corrected chi connectivity index (χ2v) is 4.11. The third kappa shape index (κ3) is 2.27. The fraction of sp³-hybridized carbons (Fsp3) is 0.154. The Balaban J connectivity index is 2.39. The number of hydrogen-bond donors (Lipinski definition) is 2. The van der Waals surface area contributed by atoms with Gasteiger partial charge in [-0.2, -0.15) is 5.26 Å². The minimum atomic E-state index is 0.359. The molecule has 0 aliphatic rings. The minimum Gasteiger partial charge on any atom is -0.492 e. The van der Waals surface area contributed by atoms with Crippen molar-refractivity contribution in [1.29, 1.82) is 5.26 Å². The zero-order valence-electron chi connectivity index (χ0n) is 9.83. The minimum absolute atomic E-state index is 0.359. The number of aromatic nitrogens is 1. The Morgan fingerprint density at radius 2 is 2.22 bits per heavy atom. The highest BCUT2D eigenvalue weighted by molar-refractivity contribution is 6.32. The van der Waals surface area contributed by atoms with Crippen LogP contribution in [0.2, 0.25) is 5.02 Å². The fourth-order valence-electron chi connectivity index (χ4n) is 1.66. The van der Waals surface area contributed by atoms with Gasteiger partial charge in [0.05, 0.1) is 17.2 Å². The molecule has 4 nitrogen and oxygen atoms in total. The molecule has 1 aromatic carbocycles. The van der Waals surface area contributed by atoms with E-state index in [9.17, 15) is 0 Å². The van der Waals surface area contributed by atoms with Crippen LogP contribution in [0.1, 0.15) is 12.5 Å². The zero-order valence-corrected chi connectivity index (χ0v) is 10.6. The van der Waals surface area contributed by atoms with E-state index in [2.05, 4.69) is 4.98 Å². The molecule has 5 heteroatoms. The van der Waals surface area contributed by atoms with Crippen molar-refractivity contribution in [3.05, 3.63) is 34.9 Å². The van der Waals surface area contributed by atoms with Crippen molar-refractivity contribution in [3.8, 4) is 23.1 Å². The molecule has 18 heavy (non-hydrogen) atoms. The summed E-state index contributed by atoms with van der Waals surface area (Å²) in [7, 11) is 0. The van der Waals surface area contributed by atoms with Crippen LogP contribution < -0.4 is 10.5 Å². The highest BCUT2D eigenvalue weighted by Gasteiger charge is 2.09. The summed E-state index contributed by atoms with van der Waals surface area (Å²) in [6.45, 7) is 2.46. The number of nitrogens with one attached hydrogen (secondary N) is 1. The maximum absolute atomic E-state index is 8.85. The largest absolute Gasteiger partial charge is 0.492 e. The maximum Gasteiger partial charge on any atom is 0.137 e. The molecule has 0 atom stereocenters. The first-order valence-electron chi connectivity index (χ1n) is 5.47. The molecule has 1 heterocycles. The highest BCUT2D eigenvalue weighted by atomic mass is 35.5. The lowest BCUT2D eigenvalue weighted by atomic mass is 10.1. The van der Waals surface area contributed by atoms with Crippen LogP contribution in [0.5, 0.6) is 5.75 Å². The van der Waals surface area contributed by atoms with Gasteiger partial charge in [-0.3, -0.25) is 0 Å². The van der Waals surface area contributed by atoms with Crippen molar-refractivity contribution in [2.45, 2.75) is 6.92 Å². The van der Waals surface area contributed by atoms with Gasteiger partial charge in [-0.1, -0.05) is 11.6 Å². The Hall–Kier alpha value is -2.12. The number of nitrogen functional groups attached to an aromatic ring is 1. The Morgan fingerprint density at radius 3 is 2.78 bits per heavy atom. The summed E-state index contributed by atoms with van der Waals surface area (Å²) in [5.74, 6) is 1.00. The second kappa shape index (κ2) is 5.03. The predicted molar refractivity (Wildman–Crippen MR) is 71.5 cm³/mol. The molecule has 0 aliphatic heterocycles.